The number of aromatic nitrogens is 5. The quantitative estimate of drug-likeness (QED) is 0.861. The lowest BCUT2D eigenvalue weighted by Crippen LogP contribution is -2.29. The van der Waals surface area contributed by atoms with E-state index in [0.29, 0.717) is 5.92 Å². The molecular formula is C13H20N6S. The summed E-state index contributed by atoms with van der Waals surface area (Å²) >= 11 is 1.71. The number of hydrogen-bond donors (Lipinski definition) is 1. The van der Waals surface area contributed by atoms with Crippen LogP contribution in [0.4, 0.5) is 0 Å². The van der Waals surface area contributed by atoms with Crippen LogP contribution in [0.15, 0.2) is 17.6 Å². The molecule has 0 radical (unpaired) electrons. The number of nitrogens with one attached hydrogen (secondary N) is 1. The molecular weight excluding hydrogens is 272 g/mol. The SMILES string of the molecule is Cn1cc(CSc2nnc([C@H]3CCCNC3)n2C)cn1. The molecule has 1 aliphatic rings. The monoisotopic (exact) mass is 292 g/mol. The highest BCUT2D eigenvalue weighted by Crippen LogP contribution is 2.26. The topological polar surface area (TPSA) is 60.6 Å². The first kappa shape index (κ1) is 13.6. The van der Waals surface area contributed by atoms with E-state index in [4.69, 9.17) is 0 Å². The second-order valence-electron chi connectivity index (χ2n) is 5.25. The van der Waals surface area contributed by atoms with Crippen molar-refractivity contribution in [3.8, 4) is 0 Å². The molecule has 0 bridgehead atoms. The van der Waals surface area contributed by atoms with Crippen molar-refractivity contribution in [3.63, 3.8) is 0 Å². The number of nitrogens with zero attached hydrogens (tertiary/aromatic N) is 5. The van der Waals surface area contributed by atoms with Crippen LogP contribution in [0.3, 0.4) is 0 Å². The van der Waals surface area contributed by atoms with Crippen LogP contribution in [0.5, 0.6) is 0 Å². The minimum atomic E-state index is 0.494. The number of hydrogen-bond acceptors (Lipinski definition) is 5. The van der Waals surface area contributed by atoms with Crippen molar-refractivity contribution >= 4 is 11.8 Å². The zero-order valence-corrected chi connectivity index (χ0v) is 12.7. The highest BCUT2D eigenvalue weighted by Gasteiger charge is 2.21. The van der Waals surface area contributed by atoms with Gasteiger partial charge in [-0.2, -0.15) is 5.10 Å². The lowest BCUT2D eigenvalue weighted by atomic mass is 9.99. The molecule has 0 amide bonds. The third-order valence-electron chi connectivity index (χ3n) is 3.66. The Labute approximate surface area is 123 Å². The Bertz CT molecular complexity index is 569. The van der Waals surface area contributed by atoms with Crippen molar-refractivity contribution in [2.45, 2.75) is 29.7 Å². The Kier molecular flexibility index (Phi) is 4.07. The number of aryl methyl sites for hydroxylation is 1. The smallest absolute Gasteiger partial charge is 0.191 e. The van der Waals surface area contributed by atoms with Gasteiger partial charge in [0, 0.05) is 44.1 Å². The summed E-state index contributed by atoms with van der Waals surface area (Å²) in [6.45, 7) is 2.14. The highest BCUT2D eigenvalue weighted by molar-refractivity contribution is 7.98. The maximum absolute atomic E-state index is 4.39. The fourth-order valence-corrected chi connectivity index (χ4v) is 3.40. The predicted octanol–water partition coefficient (Wildman–Crippen LogP) is 1.31. The maximum Gasteiger partial charge on any atom is 0.191 e. The fraction of sp³-hybridized carbons (Fsp3) is 0.615. The Morgan fingerprint density at radius 2 is 2.30 bits per heavy atom. The van der Waals surface area contributed by atoms with E-state index >= 15 is 0 Å². The van der Waals surface area contributed by atoms with Gasteiger partial charge in [-0.25, -0.2) is 0 Å². The normalized spacial score (nSPS) is 19.4. The summed E-state index contributed by atoms with van der Waals surface area (Å²) in [5, 5.41) is 17.3. The van der Waals surface area contributed by atoms with E-state index in [1.807, 2.05) is 24.1 Å². The van der Waals surface area contributed by atoms with E-state index in [2.05, 4.69) is 32.2 Å². The van der Waals surface area contributed by atoms with Gasteiger partial charge in [0.25, 0.3) is 0 Å². The maximum atomic E-state index is 4.39. The minimum absolute atomic E-state index is 0.494. The van der Waals surface area contributed by atoms with Crippen LogP contribution < -0.4 is 5.32 Å². The van der Waals surface area contributed by atoms with Crippen LogP contribution in [-0.4, -0.2) is 37.6 Å². The summed E-state index contributed by atoms with van der Waals surface area (Å²) in [5.41, 5.74) is 1.21. The van der Waals surface area contributed by atoms with Gasteiger partial charge in [0.2, 0.25) is 0 Å². The molecule has 1 aliphatic heterocycles. The van der Waals surface area contributed by atoms with E-state index in [1.54, 1.807) is 11.8 Å². The number of thioether (sulfide) groups is 1. The molecule has 0 aliphatic carbocycles. The van der Waals surface area contributed by atoms with Gasteiger partial charge in [-0.15, -0.1) is 10.2 Å². The third kappa shape index (κ3) is 2.88. The van der Waals surface area contributed by atoms with Crippen molar-refractivity contribution in [2.24, 2.45) is 14.1 Å². The molecule has 6 nitrogen and oxygen atoms in total. The van der Waals surface area contributed by atoms with Crippen molar-refractivity contribution in [3.05, 3.63) is 23.8 Å². The summed E-state index contributed by atoms with van der Waals surface area (Å²) in [6, 6.07) is 0. The molecule has 2 aromatic heterocycles. The summed E-state index contributed by atoms with van der Waals surface area (Å²) in [4.78, 5) is 0. The van der Waals surface area contributed by atoms with E-state index < -0.39 is 0 Å². The van der Waals surface area contributed by atoms with Gasteiger partial charge in [0.1, 0.15) is 5.82 Å². The Morgan fingerprint density at radius 3 is 3.00 bits per heavy atom. The van der Waals surface area contributed by atoms with Crippen molar-refractivity contribution in [1.29, 1.82) is 0 Å². The Hall–Kier alpha value is -1.34. The average molecular weight is 292 g/mol. The lowest BCUT2D eigenvalue weighted by Gasteiger charge is -2.21. The van der Waals surface area contributed by atoms with Gasteiger partial charge in [-0.1, -0.05) is 11.8 Å². The Balaban J connectivity index is 1.66. The van der Waals surface area contributed by atoms with Gasteiger partial charge in [-0.3, -0.25) is 4.68 Å². The van der Waals surface area contributed by atoms with Crippen LogP contribution in [-0.2, 0) is 19.8 Å². The summed E-state index contributed by atoms with van der Waals surface area (Å²) < 4.78 is 3.96. The molecule has 0 spiro atoms. The van der Waals surface area contributed by atoms with E-state index in [9.17, 15) is 0 Å². The van der Waals surface area contributed by atoms with Gasteiger partial charge in [-0.05, 0) is 19.4 Å². The van der Waals surface area contributed by atoms with Crippen LogP contribution >= 0.6 is 11.8 Å². The van der Waals surface area contributed by atoms with Gasteiger partial charge < -0.3 is 9.88 Å². The van der Waals surface area contributed by atoms with E-state index in [1.165, 1.54) is 18.4 Å². The fourth-order valence-electron chi connectivity index (χ4n) is 2.57. The molecule has 0 saturated carbocycles. The molecule has 1 fully saturated rings. The largest absolute Gasteiger partial charge is 0.316 e. The predicted molar refractivity (Wildman–Crippen MR) is 78.6 cm³/mol. The summed E-state index contributed by atoms with van der Waals surface area (Å²) in [7, 11) is 4.00. The lowest BCUT2D eigenvalue weighted by molar-refractivity contribution is 0.436. The van der Waals surface area contributed by atoms with Crippen molar-refractivity contribution in [1.82, 2.24) is 29.9 Å². The first-order chi connectivity index (χ1) is 9.74. The number of piperidine rings is 1. The van der Waals surface area contributed by atoms with Crippen molar-refractivity contribution in [2.75, 3.05) is 13.1 Å². The molecule has 20 heavy (non-hydrogen) atoms. The zero-order chi connectivity index (χ0) is 13.9. The zero-order valence-electron chi connectivity index (χ0n) is 11.9. The first-order valence-corrected chi connectivity index (χ1v) is 7.93. The molecule has 1 atom stereocenters. The molecule has 0 aromatic carbocycles. The van der Waals surface area contributed by atoms with Gasteiger partial charge in [0.15, 0.2) is 5.16 Å². The van der Waals surface area contributed by atoms with Gasteiger partial charge >= 0.3 is 0 Å². The molecule has 2 aromatic rings. The molecule has 1 saturated heterocycles. The second-order valence-corrected chi connectivity index (χ2v) is 6.20. The van der Waals surface area contributed by atoms with Crippen molar-refractivity contribution < 1.29 is 0 Å². The van der Waals surface area contributed by atoms with Gasteiger partial charge in [0.05, 0.1) is 6.20 Å². The molecule has 3 heterocycles. The summed E-state index contributed by atoms with van der Waals surface area (Å²) in [5.74, 6) is 2.47. The number of rotatable bonds is 4. The molecule has 1 N–H and O–H groups in total. The van der Waals surface area contributed by atoms with E-state index in [0.717, 1.165) is 29.8 Å². The first-order valence-electron chi connectivity index (χ1n) is 6.94. The molecule has 0 unspecified atom stereocenters. The van der Waals surface area contributed by atoms with Crippen LogP contribution in [0.25, 0.3) is 0 Å². The average Bonchev–Trinajstić information content (AvgIpc) is 3.04. The molecule has 108 valence electrons. The third-order valence-corrected chi connectivity index (χ3v) is 4.75. The molecule has 3 rings (SSSR count). The minimum Gasteiger partial charge on any atom is -0.316 e. The standard InChI is InChI=1S/C13H20N6S/c1-18-8-10(6-15-18)9-20-13-17-16-12(19(13)2)11-4-3-5-14-7-11/h6,8,11,14H,3-5,7,9H2,1-2H3/t11-/m0/s1. The van der Waals surface area contributed by atoms with Crippen LogP contribution in [0.1, 0.15) is 30.1 Å². The highest BCUT2D eigenvalue weighted by atomic mass is 32.2. The molecule has 7 heteroatoms. The van der Waals surface area contributed by atoms with E-state index in [-0.39, 0.29) is 0 Å². The summed E-state index contributed by atoms with van der Waals surface area (Å²) in [6.07, 6.45) is 6.35. The second kappa shape index (κ2) is 5.97. The van der Waals surface area contributed by atoms with Crippen LogP contribution in [0, 0.1) is 0 Å². The van der Waals surface area contributed by atoms with Crippen LogP contribution in [0.2, 0.25) is 0 Å². The Morgan fingerprint density at radius 1 is 1.40 bits per heavy atom.